The van der Waals surface area contributed by atoms with Crippen LogP contribution >= 0.6 is 12.6 Å². The zero-order valence-electron chi connectivity index (χ0n) is 11.7. The fourth-order valence-corrected chi connectivity index (χ4v) is 2.29. The third-order valence-corrected chi connectivity index (χ3v) is 3.33. The molecule has 0 aliphatic heterocycles. The molecular weight excluding hydrogens is 260 g/mol. The molecule has 3 N–H and O–H groups in total. The highest BCUT2D eigenvalue weighted by Crippen LogP contribution is 2.28. The van der Waals surface area contributed by atoms with Gasteiger partial charge in [0.15, 0.2) is 4.87 Å². The van der Waals surface area contributed by atoms with Gasteiger partial charge < -0.3 is 15.8 Å². The first-order valence-corrected chi connectivity index (χ1v) is 6.91. The zero-order valence-corrected chi connectivity index (χ0v) is 12.6. The molecule has 0 saturated heterocycles. The predicted octanol–water partition coefficient (Wildman–Crippen LogP) is 2.98. The molecule has 0 spiro atoms. The monoisotopic (exact) mass is 282 g/mol. The normalized spacial score (nSPS) is 13.7. The molecule has 0 aromatic heterocycles. The van der Waals surface area contributed by atoms with Crippen molar-refractivity contribution >= 4 is 30.0 Å². The second-order valence-electron chi connectivity index (χ2n) is 4.53. The topological polar surface area (TPSA) is 64.3 Å². The number of esters is 1. The van der Waals surface area contributed by atoms with E-state index in [4.69, 9.17) is 10.5 Å². The molecule has 4 nitrogen and oxygen atoms in total. The molecule has 0 heterocycles. The number of anilines is 2. The third kappa shape index (κ3) is 4.06. The first-order chi connectivity index (χ1) is 8.92. The summed E-state index contributed by atoms with van der Waals surface area (Å²) in [5.74, 6) is -0.351. The van der Waals surface area contributed by atoms with Gasteiger partial charge >= 0.3 is 5.97 Å². The van der Waals surface area contributed by atoms with Crippen molar-refractivity contribution in [2.75, 3.05) is 17.7 Å². The fourth-order valence-electron chi connectivity index (χ4n) is 1.88. The summed E-state index contributed by atoms with van der Waals surface area (Å²) in [6.07, 6.45) is 1.40. The Morgan fingerprint density at radius 2 is 2.16 bits per heavy atom. The van der Waals surface area contributed by atoms with Gasteiger partial charge in [-0.25, -0.2) is 4.79 Å². The molecule has 0 bridgehead atoms. The van der Waals surface area contributed by atoms with Gasteiger partial charge in [-0.15, -0.1) is 12.6 Å². The van der Waals surface area contributed by atoms with Crippen LogP contribution in [0.25, 0.3) is 0 Å². The van der Waals surface area contributed by atoms with Crippen LogP contribution in [-0.4, -0.2) is 17.4 Å². The van der Waals surface area contributed by atoms with Gasteiger partial charge in [0.2, 0.25) is 0 Å². The van der Waals surface area contributed by atoms with Crippen molar-refractivity contribution in [3.05, 3.63) is 23.8 Å². The summed E-state index contributed by atoms with van der Waals surface area (Å²) in [7, 11) is 0. The number of thiol groups is 1. The summed E-state index contributed by atoms with van der Waals surface area (Å²) in [6, 6.07) is 5.50. The summed E-state index contributed by atoms with van der Waals surface area (Å²) < 4.78 is 5.09. The van der Waals surface area contributed by atoms with Gasteiger partial charge in [-0.1, -0.05) is 13.3 Å². The Labute approximate surface area is 120 Å². The Bertz CT molecular complexity index is 451. The predicted molar refractivity (Wildman–Crippen MR) is 82.5 cm³/mol. The van der Waals surface area contributed by atoms with Gasteiger partial charge in [-0.2, -0.15) is 0 Å². The average Bonchev–Trinajstić information content (AvgIpc) is 2.33. The second kappa shape index (κ2) is 6.70. The number of nitrogens with two attached hydrogens (primary N) is 1. The lowest BCUT2D eigenvalue weighted by Crippen LogP contribution is -2.42. The van der Waals surface area contributed by atoms with Gasteiger partial charge in [0, 0.05) is 11.4 Å². The van der Waals surface area contributed by atoms with E-state index < -0.39 is 4.87 Å². The summed E-state index contributed by atoms with van der Waals surface area (Å²) in [4.78, 5) is 11.0. The summed E-state index contributed by atoms with van der Waals surface area (Å²) in [6.45, 7) is 6.06. The highest BCUT2D eigenvalue weighted by molar-refractivity contribution is 7.82. The molecule has 1 atom stereocenters. The molecule has 106 valence electrons. The van der Waals surface area contributed by atoms with Crippen molar-refractivity contribution in [1.29, 1.82) is 0 Å². The van der Waals surface area contributed by atoms with Crippen LogP contribution in [0.3, 0.4) is 0 Å². The van der Waals surface area contributed by atoms with Crippen molar-refractivity contribution in [1.82, 2.24) is 0 Å². The molecule has 5 heteroatoms. The average molecular weight is 282 g/mol. The third-order valence-electron chi connectivity index (χ3n) is 2.82. The van der Waals surface area contributed by atoms with E-state index in [1.165, 1.54) is 0 Å². The summed E-state index contributed by atoms with van der Waals surface area (Å²) >= 11 is 4.50. The zero-order chi connectivity index (χ0) is 14.5. The Kier molecular flexibility index (Phi) is 5.54. The lowest BCUT2D eigenvalue weighted by Gasteiger charge is -2.29. The largest absolute Gasteiger partial charge is 0.464 e. The van der Waals surface area contributed by atoms with Gasteiger partial charge in [0.05, 0.1) is 6.61 Å². The molecule has 19 heavy (non-hydrogen) atoms. The van der Waals surface area contributed by atoms with E-state index in [-0.39, 0.29) is 5.97 Å². The maximum Gasteiger partial charge on any atom is 0.342 e. The molecule has 0 aliphatic carbocycles. The summed E-state index contributed by atoms with van der Waals surface area (Å²) in [5.41, 5.74) is 8.22. The van der Waals surface area contributed by atoms with Gasteiger partial charge in [0.25, 0.3) is 0 Å². The molecule has 0 saturated carbocycles. The van der Waals surface area contributed by atoms with Crippen molar-refractivity contribution in [3.8, 4) is 0 Å². The van der Waals surface area contributed by atoms with Crippen LogP contribution in [0, 0.1) is 6.92 Å². The quantitative estimate of drug-likeness (QED) is 0.325. The maximum absolute atomic E-state index is 12.1. The number of benzene rings is 1. The number of carbonyl (C=O) groups is 1. The first-order valence-electron chi connectivity index (χ1n) is 6.47. The Morgan fingerprint density at radius 1 is 1.47 bits per heavy atom. The van der Waals surface area contributed by atoms with Crippen molar-refractivity contribution in [3.63, 3.8) is 0 Å². The van der Waals surface area contributed by atoms with Gasteiger partial charge in [-0.05, 0) is 44.0 Å². The van der Waals surface area contributed by atoms with Crippen LogP contribution in [0.1, 0.15) is 32.3 Å². The highest BCUT2D eigenvalue weighted by atomic mass is 32.1. The Hall–Kier alpha value is -1.36. The van der Waals surface area contributed by atoms with Crippen LogP contribution in [0.5, 0.6) is 0 Å². The van der Waals surface area contributed by atoms with Crippen LogP contribution in [0.4, 0.5) is 11.4 Å². The van der Waals surface area contributed by atoms with E-state index in [1.807, 2.05) is 26.0 Å². The van der Waals surface area contributed by atoms with Gasteiger partial charge in [0.1, 0.15) is 0 Å². The van der Waals surface area contributed by atoms with E-state index in [9.17, 15) is 4.79 Å². The number of aryl methyl sites for hydroxylation is 1. The van der Waals surface area contributed by atoms with Crippen LogP contribution < -0.4 is 11.1 Å². The molecule has 1 unspecified atom stereocenters. The number of nitrogen functional groups attached to an aromatic ring is 1. The molecule has 1 rings (SSSR count). The van der Waals surface area contributed by atoms with E-state index in [2.05, 4.69) is 17.9 Å². The van der Waals surface area contributed by atoms with Gasteiger partial charge in [-0.3, -0.25) is 0 Å². The molecule has 0 aliphatic rings. The number of hydrogen-bond acceptors (Lipinski definition) is 5. The minimum absolute atomic E-state index is 0.341. The molecular formula is C14H22N2O2S. The maximum atomic E-state index is 12.1. The highest BCUT2D eigenvalue weighted by Gasteiger charge is 2.35. The van der Waals surface area contributed by atoms with Crippen LogP contribution in [-0.2, 0) is 9.53 Å². The minimum atomic E-state index is -1.01. The molecule has 0 radical (unpaired) electrons. The SMILES string of the molecule is CCCC(S)(Nc1ccc(N)cc1C)C(=O)OCC. The van der Waals surface area contributed by atoms with E-state index in [0.29, 0.717) is 18.7 Å². The number of nitrogens with one attached hydrogen (secondary N) is 1. The Balaban J connectivity index is 2.97. The van der Waals surface area contributed by atoms with Crippen molar-refractivity contribution in [2.45, 2.75) is 38.5 Å². The van der Waals surface area contributed by atoms with Crippen molar-refractivity contribution in [2.24, 2.45) is 0 Å². The molecule has 1 aromatic carbocycles. The second-order valence-corrected chi connectivity index (χ2v) is 5.29. The Morgan fingerprint density at radius 3 is 2.68 bits per heavy atom. The number of ether oxygens (including phenoxy) is 1. The lowest BCUT2D eigenvalue weighted by atomic mass is 10.1. The summed E-state index contributed by atoms with van der Waals surface area (Å²) in [5, 5.41) is 3.17. The number of carbonyl (C=O) groups excluding carboxylic acids is 1. The van der Waals surface area contributed by atoms with Crippen molar-refractivity contribution < 1.29 is 9.53 Å². The molecule has 0 amide bonds. The minimum Gasteiger partial charge on any atom is -0.464 e. The lowest BCUT2D eigenvalue weighted by molar-refractivity contribution is -0.145. The smallest absolute Gasteiger partial charge is 0.342 e. The van der Waals surface area contributed by atoms with E-state index in [0.717, 1.165) is 17.7 Å². The van der Waals surface area contributed by atoms with Crippen LogP contribution in [0.15, 0.2) is 18.2 Å². The number of rotatable bonds is 6. The van der Waals surface area contributed by atoms with E-state index >= 15 is 0 Å². The van der Waals surface area contributed by atoms with Crippen LogP contribution in [0.2, 0.25) is 0 Å². The molecule has 1 aromatic rings. The van der Waals surface area contributed by atoms with E-state index in [1.54, 1.807) is 13.0 Å². The standard InChI is InChI=1S/C14H22N2O2S/c1-4-8-14(19,13(17)18-5-2)16-12-7-6-11(15)9-10(12)3/h6-7,9,16,19H,4-5,8,15H2,1-3H3. The fraction of sp³-hybridized carbons (Fsp3) is 0.500. The number of hydrogen-bond donors (Lipinski definition) is 3. The first kappa shape index (κ1) is 15.7. The molecule has 0 fully saturated rings.